The maximum atomic E-state index is 11.2. The number of hydrogen-bond acceptors (Lipinski definition) is 2. The van der Waals surface area contributed by atoms with Crippen LogP contribution < -0.4 is 0 Å². The number of halogens is 1. The maximum absolute atomic E-state index is 11.2. The molecule has 0 radical (unpaired) electrons. The minimum Gasteiger partial charge on any atom is -0.506 e. The number of hydrogen-bond donors (Lipinski definition) is 2. The Balaban J connectivity index is 2.18. The van der Waals surface area contributed by atoms with E-state index in [0.717, 1.165) is 47.1 Å². The Bertz CT molecular complexity index is 1050. The average molecular weight is 453 g/mol. The predicted molar refractivity (Wildman–Crippen MR) is 133 cm³/mol. The summed E-state index contributed by atoms with van der Waals surface area (Å²) in [4.78, 5) is 11.2. The van der Waals surface area contributed by atoms with E-state index in [4.69, 9.17) is 16.7 Å². The summed E-state index contributed by atoms with van der Waals surface area (Å²) in [5, 5.41) is 19.5. The molecule has 2 aromatic carbocycles. The number of phenols is 1. The molecule has 3 nitrogen and oxygen atoms in total. The molecule has 32 heavy (non-hydrogen) atoms. The van der Waals surface area contributed by atoms with Crippen LogP contribution in [0.15, 0.2) is 54.1 Å². The van der Waals surface area contributed by atoms with Crippen molar-refractivity contribution in [1.29, 1.82) is 0 Å². The summed E-state index contributed by atoms with van der Waals surface area (Å²) < 4.78 is 0. The van der Waals surface area contributed by atoms with E-state index in [0.29, 0.717) is 11.4 Å². The first kappa shape index (κ1) is 24.1. The van der Waals surface area contributed by atoms with E-state index in [1.807, 2.05) is 31.2 Å². The van der Waals surface area contributed by atoms with Crippen LogP contribution >= 0.6 is 11.6 Å². The highest BCUT2D eigenvalue weighted by Gasteiger charge is 2.37. The molecule has 0 aromatic heterocycles. The van der Waals surface area contributed by atoms with Crippen molar-refractivity contribution in [3.05, 3.63) is 75.8 Å². The van der Waals surface area contributed by atoms with Crippen molar-refractivity contribution >= 4 is 28.7 Å². The molecule has 3 rings (SSSR count). The lowest BCUT2D eigenvalue weighted by atomic mass is 9.62. The average Bonchev–Trinajstić information content (AvgIpc) is 2.67. The molecule has 0 unspecified atom stereocenters. The van der Waals surface area contributed by atoms with Crippen LogP contribution in [0.4, 0.5) is 0 Å². The zero-order valence-corrected chi connectivity index (χ0v) is 20.4. The third kappa shape index (κ3) is 5.63. The molecule has 0 heterocycles. The molecule has 0 bridgehead atoms. The molecule has 170 valence electrons. The quantitative estimate of drug-likeness (QED) is 0.452. The number of aliphatic carboxylic acids is 1. The lowest BCUT2D eigenvalue weighted by Crippen LogP contribution is -2.30. The summed E-state index contributed by atoms with van der Waals surface area (Å²) in [6, 6.07) is 13.5. The number of phenolic OH excluding ortho intramolecular Hbond substituents is 1. The second kappa shape index (κ2) is 9.15. The summed E-state index contributed by atoms with van der Waals surface area (Å²) in [6.07, 6.45) is 5.07. The van der Waals surface area contributed by atoms with Crippen LogP contribution in [0.2, 0.25) is 5.02 Å². The van der Waals surface area contributed by atoms with Gasteiger partial charge in [0.05, 0.1) is 5.02 Å². The van der Waals surface area contributed by atoms with Crippen LogP contribution in [0, 0.1) is 10.8 Å². The van der Waals surface area contributed by atoms with Crippen LogP contribution in [0.3, 0.4) is 0 Å². The number of carboxylic acid groups (broad SMARTS) is 1. The number of rotatable bonds is 5. The lowest BCUT2D eigenvalue weighted by Gasteiger charge is -2.43. The Morgan fingerprint density at radius 2 is 1.50 bits per heavy atom. The van der Waals surface area contributed by atoms with Crippen molar-refractivity contribution in [2.45, 2.75) is 60.3 Å². The fraction of sp³-hybridized carbons (Fsp3) is 0.393. The van der Waals surface area contributed by atoms with E-state index >= 15 is 0 Å². The Kier molecular flexibility index (Phi) is 6.90. The van der Waals surface area contributed by atoms with Gasteiger partial charge in [-0.2, -0.15) is 0 Å². The van der Waals surface area contributed by atoms with Crippen molar-refractivity contribution in [3.8, 4) is 5.75 Å². The van der Waals surface area contributed by atoms with Gasteiger partial charge in [0.25, 0.3) is 0 Å². The van der Waals surface area contributed by atoms with Crippen LogP contribution in [-0.2, 0) is 4.79 Å². The zero-order valence-electron chi connectivity index (χ0n) is 19.6. The number of benzene rings is 2. The van der Waals surface area contributed by atoms with E-state index < -0.39 is 5.97 Å². The van der Waals surface area contributed by atoms with E-state index in [1.165, 1.54) is 11.6 Å². The summed E-state index contributed by atoms with van der Waals surface area (Å²) in [7, 11) is 0. The van der Waals surface area contributed by atoms with Crippen molar-refractivity contribution in [3.63, 3.8) is 0 Å². The van der Waals surface area contributed by atoms with Gasteiger partial charge in [-0.1, -0.05) is 82.1 Å². The van der Waals surface area contributed by atoms with Crippen LogP contribution in [0.25, 0.3) is 11.1 Å². The number of carbonyl (C=O) groups is 1. The fourth-order valence-electron chi connectivity index (χ4n) is 5.44. The van der Waals surface area contributed by atoms with Gasteiger partial charge < -0.3 is 10.2 Å². The molecule has 0 aliphatic heterocycles. The molecule has 0 spiro atoms. The number of carboxylic acids is 1. The molecule has 1 fully saturated rings. The van der Waals surface area contributed by atoms with Gasteiger partial charge in [-0.05, 0) is 76.5 Å². The first-order valence-corrected chi connectivity index (χ1v) is 11.5. The van der Waals surface area contributed by atoms with E-state index in [1.54, 1.807) is 6.07 Å². The normalized spacial score (nSPS) is 17.8. The summed E-state index contributed by atoms with van der Waals surface area (Å²) in [5.74, 6) is -0.857. The standard InChI is InChI=1S/C28H33ClO3/c1-6-18(14-25(31)32)19-7-9-20(10-8-19)26(21-11-12-24(30)23(29)13-21)22-15-27(2,3)17-28(4,5)16-22/h7-14,30H,6,15-17H2,1-5H3,(H,31,32)/b18-14+. The highest BCUT2D eigenvalue weighted by atomic mass is 35.5. The Morgan fingerprint density at radius 1 is 0.969 bits per heavy atom. The Labute approximate surface area is 196 Å². The zero-order chi connectivity index (χ0) is 23.7. The van der Waals surface area contributed by atoms with Crippen molar-refractivity contribution in [2.24, 2.45) is 10.8 Å². The lowest BCUT2D eigenvalue weighted by molar-refractivity contribution is -0.131. The van der Waals surface area contributed by atoms with Gasteiger partial charge >= 0.3 is 5.97 Å². The Hall–Kier alpha value is -2.52. The number of allylic oxidation sites excluding steroid dienone is 2. The van der Waals surface area contributed by atoms with E-state index in [-0.39, 0.29) is 16.6 Å². The van der Waals surface area contributed by atoms with Gasteiger partial charge in [0.1, 0.15) is 5.75 Å². The second-order valence-corrected chi connectivity index (χ2v) is 10.8. The van der Waals surface area contributed by atoms with Crippen LogP contribution in [0.5, 0.6) is 5.75 Å². The fourth-order valence-corrected chi connectivity index (χ4v) is 5.62. The topological polar surface area (TPSA) is 57.5 Å². The largest absolute Gasteiger partial charge is 0.506 e. The van der Waals surface area contributed by atoms with Gasteiger partial charge in [-0.25, -0.2) is 4.79 Å². The van der Waals surface area contributed by atoms with Crippen molar-refractivity contribution < 1.29 is 15.0 Å². The summed E-state index contributed by atoms with van der Waals surface area (Å²) in [6.45, 7) is 11.2. The molecule has 2 N–H and O–H groups in total. The highest BCUT2D eigenvalue weighted by molar-refractivity contribution is 6.32. The van der Waals surface area contributed by atoms with E-state index in [2.05, 4.69) is 39.8 Å². The molecular formula is C28H33ClO3. The van der Waals surface area contributed by atoms with Gasteiger partial charge in [-0.15, -0.1) is 0 Å². The van der Waals surface area contributed by atoms with Gasteiger partial charge in [0.15, 0.2) is 0 Å². The van der Waals surface area contributed by atoms with Crippen LogP contribution in [-0.4, -0.2) is 16.2 Å². The predicted octanol–water partition coefficient (Wildman–Crippen LogP) is 7.96. The first-order chi connectivity index (χ1) is 14.9. The first-order valence-electron chi connectivity index (χ1n) is 11.2. The molecule has 2 aromatic rings. The molecule has 1 saturated carbocycles. The SMILES string of the molecule is CC/C(=C\C(=O)O)c1ccc(C(=C2CC(C)(C)CC(C)(C)C2)c2ccc(O)c(Cl)c2)cc1. The van der Waals surface area contributed by atoms with Gasteiger partial charge in [0.2, 0.25) is 0 Å². The second-order valence-electron chi connectivity index (χ2n) is 10.4. The molecular weight excluding hydrogens is 420 g/mol. The van der Waals surface area contributed by atoms with Crippen molar-refractivity contribution in [1.82, 2.24) is 0 Å². The van der Waals surface area contributed by atoms with Gasteiger partial charge in [0, 0.05) is 6.08 Å². The minimum atomic E-state index is -0.931. The molecule has 1 aliphatic rings. The maximum Gasteiger partial charge on any atom is 0.328 e. The minimum absolute atomic E-state index is 0.0748. The molecule has 0 amide bonds. The molecule has 0 saturated heterocycles. The van der Waals surface area contributed by atoms with Crippen LogP contribution in [0.1, 0.15) is 77.0 Å². The van der Waals surface area contributed by atoms with Crippen molar-refractivity contribution in [2.75, 3.05) is 0 Å². The smallest absolute Gasteiger partial charge is 0.328 e. The monoisotopic (exact) mass is 452 g/mol. The Morgan fingerprint density at radius 3 is 2.00 bits per heavy atom. The van der Waals surface area contributed by atoms with Gasteiger partial charge in [-0.3, -0.25) is 0 Å². The molecule has 1 aliphatic carbocycles. The third-order valence-electron chi connectivity index (χ3n) is 6.15. The third-order valence-corrected chi connectivity index (χ3v) is 6.46. The summed E-state index contributed by atoms with van der Waals surface area (Å²) in [5.41, 5.74) is 6.68. The number of aromatic hydroxyl groups is 1. The highest BCUT2D eigenvalue weighted by Crippen LogP contribution is 2.51. The molecule has 0 atom stereocenters. The molecule has 4 heteroatoms. The van der Waals surface area contributed by atoms with E-state index in [9.17, 15) is 9.90 Å². The summed E-state index contributed by atoms with van der Waals surface area (Å²) >= 11 is 6.29.